The third kappa shape index (κ3) is 4.11. The van der Waals surface area contributed by atoms with E-state index in [9.17, 15) is 4.39 Å². The lowest BCUT2D eigenvalue weighted by Gasteiger charge is -2.07. The molecule has 0 atom stereocenters. The number of benzene rings is 1. The predicted octanol–water partition coefficient (Wildman–Crippen LogP) is 2.54. The van der Waals surface area contributed by atoms with Crippen molar-refractivity contribution in [3.05, 3.63) is 60.2 Å². The van der Waals surface area contributed by atoms with E-state index in [2.05, 4.69) is 20.8 Å². The van der Waals surface area contributed by atoms with E-state index in [1.807, 2.05) is 0 Å². The quantitative estimate of drug-likeness (QED) is 0.513. The van der Waals surface area contributed by atoms with Crippen LogP contribution in [0.25, 0.3) is 0 Å². The second-order valence-electron chi connectivity index (χ2n) is 3.58. The van der Waals surface area contributed by atoms with Crippen LogP contribution in [0.15, 0.2) is 53.9 Å². The molecule has 6 heteroatoms. The van der Waals surface area contributed by atoms with Gasteiger partial charge in [0.25, 0.3) is 0 Å². The average molecular weight is 274 g/mol. The van der Waals surface area contributed by atoms with Crippen LogP contribution in [0.3, 0.4) is 0 Å². The first-order valence-corrected chi connectivity index (χ1v) is 5.91. The summed E-state index contributed by atoms with van der Waals surface area (Å²) < 4.78 is 13.3. The van der Waals surface area contributed by atoms with Gasteiger partial charge >= 0.3 is 0 Å². The number of nitrogens with one attached hydrogen (secondary N) is 2. The first kappa shape index (κ1) is 13.1. The summed E-state index contributed by atoms with van der Waals surface area (Å²) in [6, 6.07) is 9.88. The Kier molecular flexibility index (Phi) is 4.52. The second kappa shape index (κ2) is 6.55. The third-order valence-electron chi connectivity index (χ3n) is 2.21. The molecule has 0 fully saturated rings. The van der Waals surface area contributed by atoms with Gasteiger partial charge < -0.3 is 5.32 Å². The Labute approximate surface area is 115 Å². The van der Waals surface area contributed by atoms with Gasteiger partial charge in [0.1, 0.15) is 5.82 Å². The number of hydrazone groups is 1. The predicted molar refractivity (Wildman–Crippen MR) is 77.6 cm³/mol. The van der Waals surface area contributed by atoms with E-state index in [0.717, 1.165) is 5.56 Å². The van der Waals surface area contributed by atoms with Crippen molar-refractivity contribution in [1.82, 2.24) is 10.4 Å². The zero-order valence-electron chi connectivity index (χ0n) is 9.88. The summed E-state index contributed by atoms with van der Waals surface area (Å²) in [6.07, 6.45) is 4.92. The Morgan fingerprint density at radius 2 is 1.95 bits per heavy atom. The molecular weight excluding hydrogens is 263 g/mol. The minimum atomic E-state index is -0.371. The van der Waals surface area contributed by atoms with Crippen LogP contribution in [-0.2, 0) is 0 Å². The average Bonchev–Trinajstić information content (AvgIpc) is 2.43. The molecule has 2 N–H and O–H groups in total. The molecule has 0 radical (unpaired) electrons. The Bertz CT molecular complexity index is 586. The van der Waals surface area contributed by atoms with Gasteiger partial charge in [0.2, 0.25) is 0 Å². The van der Waals surface area contributed by atoms with Crippen LogP contribution in [-0.4, -0.2) is 16.3 Å². The number of nitrogens with zero attached hydrogens (tertiary/aromatic N) is 2. The maximum absolute atomic E-state index is 13.3. The summed E-state index contributed by atoms with van der Waals surface area (Å²) in [6.45, 7) is 0. The summed E-state index contributed by atoms with van der Waals surface area (Å²) in [7, 11) is 0. The molecule has 0 aliphatic carbocycles. The fourth-order valence-corrected chi connectivity index (χ4v) is 1.49. The highest BCUT2D eigenvalue weighted by Gasteiger charge is 2.01. The molecule has 19 heavy (non-hydrogen) atoms. The molecule has 2 aromatic rings. The molecule has 0 amide bonds. The molecular formula is C13H11FN4S. The third-order valence-corrected chi connectivity index (χ3v) is 2.40. The number of hydrogen-bond donors (Lipinski definition) is 2. The van der Waals surface area contributed by atoms with E-state index in [0.29, 0.717) is 5.69 Å². The topological polar surface area (TPSA) is 49.3 Å². The number of hydrogen-bond acceptors (Lipinski definition) is 3. The lowest BCUT2D eigenvalue weighted by molar-refractivity contribution is 0.632. The van der Waals surface area contributed by atoms with Crippen LogP contribution in [0.2, 0.25) is 0 Å². The zero-order valence-corrected chi connectivity index (χ0v) is 10.7. The van der Waals surface area contributed by atoms with Crippen LogP contribution >= 0.6 is 12.2 Å². The van der Waals surface area contributed by atoms with Crippen molar-refractivity contribution >= 4 is 29.2 Å². The Morgan fingerprint density at radius 3 is 2.68 bits per heavy atom. The molecule has 1 heterocycles. The monoisotopic (exact) mass is 274 g/mol. The Morgan fingerprint density at radius 1 is 1.21 bits per heavy atom. The van der Waals surface area contributed by atoms with Crippen LogP contribution in [0.4, 0.5) is 10.1 Å². The molecule has 4 nitrogen and oxygen atoms in total. The van der Waals surface area contributed by atoms with Crippen LogP contribution in [0.1, 0.15) is 5.56 Å². The highest BCUT2D eigenvalue weighted by molar-refractivity contribution is 7.80. The van der Waals surface area contributed by atoms with E-state index >= 15 is 0 Å². The van der Waals surface area contributed by atoms with Crippen molar-refractivity contribution in [3.8, 4) is 0 Å². The number of para-hydroxylation sites is 1. The Balaban J connectivity index is 1.89. The van der Waals surface area contributed by atoms with Gasteiger partial charge in [-0.25, -0.2) is 4.39 Å². The number of halogens is 1. The lowest BCUT2D eigenvalue weighted by Crippen LogP contribution is -2.24. The number of anilines is 1. The van der Waals surface area contributed by atoms with Crippen molar-refractivity contribution in [2.45, 2.75) is 0 Å². The maximum atomic E-state index is 13.3. The van der Waals surface area contributed by atoms with Crippen LogP contribution in [0, 0.1) is 5.82 Å². The van der Waals surface area contributed by atoms with Gasteiger partial charge in [-0.2, -0.15) is 5.10 Å². The SMILES string of the molecule is Fc1ccccc1NC(=S)N/N=C\c1ccncc1. The summed E-state index contributed by atoms with van der Waals surface area (Å²) >= 11 is 5.00. The molecule has 1 aromatic heterocycles. The molecule has 0 saturated heterocycles. The molecule has 0 aliphatic heterocycles. The smallest absolute Gasteiger partial charge is 0.191 e. The number of thiocarbonyl (C=S) groups is 1. The van der Waals surface area contributed by atoms with E-state index in [1.165, 1.54) is 6.07 Å². The molecule has 0 saturated carbocycles. The van der Waals surface area contributed by atoms with Gasteiger partial charge in [0.15, 0.2) is 5.11 Å². The highest BCUT2D eigenvalue weighted by Crippen LogP contribution is 2.11. The first-order valence-electron chi connectivity index (χ1n) is 5.50. The van der Waals surface area contributed by atoms with Gasteiger partial charge in [0, 0.05) is 12.4 Å². The standard InChI is InChI=1S/C13H11FN4S/c14-11-3-1-2-4-12(11)17-13(19)18-16-9-10-5-7-15-8-6-10/h1-9H,(H2,17,18,19)/b16-9-. The van der Waals surface area contributed by atoms with Crippen molar-refractivity contribution in [2.75, 3.05) is 5.32 Å². The van der Waals surface area contributed by atoms with E-state index in [1.54, 1.807) is 48.9 Å². The van der Waals surface area contributed by atoms with E-state index < -0.39 is 0 Å². The van der Waals surface area contributed by atoms with Gasteiger partial charge in [-0.1, -0.05) is 12.1 Å². The zero-order chi connectivity index (χ0) is 13.5. The summed E-state index contributed by atoms with van der Waals surface area (Å²) in [5.74, 6) is -0.371. The molecule has 1 aromatic carbocycles. The number of aromatic nitrogens is 1. The van der Waals surface area contributed by atoms with Crippen LogP contribution in [0.5, 0.6) is 0 Å². The molecule has 96 valence electrons. The second-order valence-corrected chi connectivity index (χ2v) is 3.99. The normalized spacial score (nSPS) is 10.4. The summed E-state index contributed by atoms with van der Waals surface area (Å²) in [5, 5.41) is 6.87. The molecule has 0 spiro atoms. The fourth-order valence-electron chi connectivity index (χ4n) is 1.33. The van der Waals surface area contributed by atoms with Gasteiger partial charge in [0.05, 0.1) is 11.9 Å². The number of rotatable bonds is 3. The maximum Gasteiger partial charge on any atom is 0.191 e. The number of pyridine rings is 1. The highest BCUT2D eigenvalue weighted by atomic mass is 32.1. The van der Waals surface area contributed by atoms with Crippen LogP contribution < -0.4 is 10.7 Å². The van der Waals surface area contributed by atoms with Gasteiger partial charge in [-0.05, 0) is 42.0 Å². The van der Waals surface area contributed by atoms with Gasteiger partial charge in [-0.15, -0.1) is 0 Å². The lowest BCUT2D eigenvalue weighted by atomic mass is 10.3. The van der Waals surface area contributed by atoms with Crippen molar-refractivity contribution in [3.63, 3.8) is 0 Å². The van der Waals surface area contributed by atoms with E-state index in [4.69, 9.17) is 12.2 Å². The minimum absolute atomic E-state index is 0.218. The van der Waals surface area contributed by atoms with E-state index in [-0.39, 0.29) is 10.9 Å². The van der Waals surface area contributed by atoms with Gasteiger partial charge in [-0.3, -0.25) is 10.4 Å². The molecule has 0 bridgehead atoms. The summed E-state index contributed by atoms with van der Waals surface area (Å²) in [4.78, 5) is 3.89. The largest absolute Gasteiger partial charge is 0.329 e. The first-order chi connectivity index (χ1) is 9.25. The molecule has 0 unspecified atom stereocenters. The van der Waals surface area contributed by atoms with Crippen molar-refractivity contribution in [1.29, 1.82) is 0 Å². The minimum Gasteiger partial charge on any atom is -0.329 e. The molecule has 2 rings (SSSR count). The summed E-state index contributed by atoms with van der Waals surface area (Å²) in [5.41, 5.74) is 3.80. The van der Waals surface area contributed by atoms with Crippen molar-refractivity contribution < 1.29 is 4.39 Å². The van der Waals surface area contributed by atoms with Crippen molar-refractivity contribution in [2.24, 2.45) is 5.10 Å². The Hall–Kier alpha value is -2.34. The molecule has 0 aliphatic rings. The fraction of sp³-hybridized carbons (Fsp3) is 0.